The summed E-state index contributed by atoms with van der Waals surface area (Å²) >= 11 is 0. The molecule has 0 amide bonds. The van der Waals surface area contributed by atoms with Crippen LogP contribution in [0.3, 0.4) is 0 Å². The van der Waals surface area contributed by atoms with Crippen LogP contribution in [0.2, 0.25) is 0 Å². The van der Waals surface area contributed by atoms with Crippen LogP contribution in [-0.2, 0) is 28.6 Å². The van der Waals surface area contributed by atoms with Crippen LogP contribution >= 0.6 is 0 Å². The lowest BCUT2D eigenvalue weighted by Gasteiger charge is -2.18. The maximum atomic E-state index is 12.9. The number of hydrogen-bond donors (Lipinski definition) is 0. The van der Waals surface area contributed by atoms with Gasteiger partial charge in [0, 0.05) is 19.3 Å². The lowest BCUT2D eigenvalue weighted by Crippen LogP contribution is -2.30. The van der Waals surface area contributed by atoms with Crippen LogP contribution in [-0.4, -0.2) is 37.2 Å². The molecule has 0 saturated heterocycles. The Balaban J connectivity index is 4.54. The molecular weight excluding hydrogens is 901 g/mol. The molecule has 0 aromatic heterocycles. The van der Waals surface area contributed by atoms with Gasteiger partial charge in [-0.2, -0.15) is 0 Å². The van der Waals surface area contributed by atoms with E-state index >= 15 is 0 Å². The fraction of sp³-hybridized carbons (Fsp3) is 0.657. The average Bonchev–Trinajstić information content (AvgIpc) is 3.39. The highest BCUT2D eigenvalue weighted by atomic mass is 16.6. The molecule has 0 rings (SSSR count). The van der Waals surface area contributed by atoms with E-state index < -0.39 is 6.10 Å². The predicted molar refractivity (Wildman–Crippen MR) is 316 cm³/mol. The highest BCUT2D eigenvalue weighted by Crippen LogP contribution is 2.14. The van der Waals surface area contributed by atoms with E-state index in [2.05, 4.69) is 142 Å². The van der Waals surface area contributed by atoms with Crippen molar-refractivity contribution in [3.63, 3.8) is 0 Å². The number of esters is 3. The zero-order valence-electron chi connectivity index (χ0n) is 47.4. The number of hydrogen-bond acceptors (Lipinski definition) is 6. The number of allylic oxidation sites excluding steroid dienone is 20. The first-order valence-electron chi connectivity index (χ1n) is 30.0. The first kappa shape index (κ1) is 68.8. The molecule has 414 valence electrons. The van der Waals surface area contributed by atoms with E-state index in [1.54, 1.807) is 0 Å². The molecule has 0 saturated carbocycles. The second-order valence-corrected chi connectivity index (χ2v) is 19.5. The molecule has 73 heavy (non-hydrogen) atoms. The second-order valence-electron chi connectivity index (χ2n) is 19.5. The minimum atomic E-state index is -0.819. The monoisotopic (exact) mass is 1010 g/mol. The van der Waals surface area contributed by atoms with E-state index in [-0.39, 0.29) is 37.5 Å². The summed E-state index contributed by atoms with van der Waals surface area (Å²) in [7, 11) is 0. The first-order valence-corrected chi connectivity index (χ1v) is 30.0. The standard InChI is InChI=1S/C67H110O6/c1-4-7-10-13-16-19-22-25-28-31-33-36-39-42-45-48-51-54-57-60-66(69)72-63-64(62-71-65(68)59-56-53-50-47-44-41-38-35-30-27-24-21-18-15-12-9-6-3)73-67(70)61-58-55-52-49-46-43-40-37-34-32-29-26-23-20-17-14-11-8-5-2/h7,10,16,18-19,21,25-30,33,36,38,41-42,45,47,50,64H,4-6,8-9,11-15,17,20,22-24,31-32,34-35,37,39-40,43-44,46,48-49,51-63H2,1-3H3/b10-7-,19-16-,21-18-,28-25-,29-26-,30-27-,36-33-,41-38-,45-42-,50-47-/t64-/m0/s1. The Kier molecular flexibility index (Phi) is 56.9. The van der Waals surface area contributed by atoms with Crippen molar-refractivity contribution in [3.8, 4) is 0 Å². The van der Waals surface area contributed by atoms with Crippen molar-refractivity contribution in [1.29, 1.82) is 0 Å². The van der Waals surface area contributed by atoms with Gasteiger partial charge in [-0.25, -0.2) is 0 Å². The fourth-order valence-electron chi connectivity index (χ4n) is 7.93. The van der Waals surface area contributed by atoms with Crippen LogP contribution in [0.1, 0.15) is 265 Å². The quantitative estimate of drug-likeness (QED) is 0.0261. The van der Waals surface area contributed by atoms with Crippen LogP contribution in [0.25, 0.3) is 0 Å². The van der Waals surface area contributed by atoms with Crippen molar-refractivity contribution in [2.45, 2.75) is 271 Å². The Morgan fingerprint density at radius 3 is 0.945 bits per heavy atom. The second kappa shape index (κ2) is 60.4. The summed E-state index contributed by atoms with van der Waals surface area (Å²) in [6.07, 6.45) is 83.4. The summed E-state index contributed by atoms with van der Waals surface area (Å²) in [6.45, 7) is 6.42. The van der Waals surface area contributed by atoms with Crippen molar-refractivity contribution >= 4 is 17.9 Å². The first-order chi connectivity index (χ1) is 36.0. The third kappa shape index (κ3) is 58.6. The van der Waals surface area contributed by atoms with Crippen molar-refractivity contribution in [3.05, 3.63) is 122 Å². The lowest BCUT2D eigenvalue weighted by molar-refractivity contribution is -0.167. The van der Waals surface area contributed by atoms with E-state index in [1.807, 2.05) is 0 Å². The molecule has 0 unspecified atom stereocenters. The zero-order chi connectivity index (χ0) is 52.9. The topological polar surface area (TPSA) is 78.9 Å². The Morgan fingerprint density at radius 1 is 0.288 bits per heavy atom. The maximum absolute atomic E-state index is 12.9. The molecule has 0 aromatic carbocycles. The Labute approximate surface area is 450 Å². The summed E-state index contributed by atoms with van der Waals surface area (Å²) in [4.78, 5) is 38.2. The largest absolute Gasteiger partial charge is 0.462 e. The summed E-state index contributed by atoms with van der Waals surface area (Å²) in [6, 6.07) is 0. The summed E-state index contributed by atoms with van der Waals surface area (Å²) in [5.41, 5.74) is 0. The molecule has 1 atom stereocenters. The third-order valence-corrected chi connectivity index (χ3v) is 12.4. The van der Waals surface area contributed by atoms with E-state index in [9.17, 15) is 14.4 Å². The number of carbonyl (C=O) groups excluding carboxylic acids is 3. The SMILES string of the molecule is CC/C=C\C/C=C\C/C=C\C/C=C\C/C=C\CCCCCC(=O)OC[C@H](COC(=O)CCC/C=C\C/C=C\C/C=C\C/C=C\CCCCC)OC(=O)CCCCCCCCCCC/C=C\CCCCCCCC. The summed E-state index contributed by atoms with van der Waals surface area (Å²) in [5.74, 6) is -1.00. The Hall–Kier alpha value is -4.19. The van der Waals surface area contributed by atoms with E-state index in [4.69, 9.17) is 14.2 Å². The minimum absolute atomic E-state index is 0.115. The van der Waals surface area contributed by atoms with Gasteiger partial charge in [-0.1, -0.05) is 239 Å². The van der Waals surface area contributed by atoms with Crippen LogP contribution < -0.4 is 0 Å². The Morgan fingerprint density at radius 2 is 0.548 bits per heavy atom. The fourth-order valence-corrected chi connectivity index (χ4v) is 7.93. The molecule has 0 aliphatic rings. The molecular formula is C67H110O6. The third-order valence-electron chi connectivity index (χ3n) is 12.4. The van der Waals surface area contributed by atoms with Crippen LogP contribution in [0.15, 0.2) is 122 Å². The van der Waals surface area contributed by atoms with Gasteiger partial charge in [0.25, 0.3) is 0 Å². The molecule has 6 nitrogen and oxygen atoms in total. The van der Waals surface area contributed by atoms with Gasteiger partial charge in [0.15, 0.2) is 6.10 Å². The molecule has 0 aromatic rings. The maximum Gasteiger partial charge on any atom is 0.306 e. The molecule has 0 fully saturated rings. The van der Waals surface area contributed by atoms with Gasteiger partial charge in [-0.3, -0.25) is 14.4 Å². The number of rotatable bonds is 53. The minimum Gasteiger partial charge on any atom is -0.462 e. The highest BCUT2D eigenvalue weighted by molar-refractivity contribution is 5.71. The molecule has 0 aliphatic carbocycles. The van der Waals surface area contributed by atoms with Gasteiger partial charge in [-0.05, 0) is 128 Å². The summed E-state index contributed by atoms with van der Waals surface area (Å²) < 4.78 is 16.8. The van der Waals surface area contributed by atoms with Gasteiger partial charge >= 0.3 is 17.9 Å². The van der Waals surface area contributed by atoms with Gasteiger partial charge in [0.05, 0.1) is 0 Å². The average molecular weight is 1010 g/mol. The van der Waals surface area contributed by atoms with Crippen LogP contribution in [0.5, 0.6) is 0 Å². The zero-order valence-corrected chi connectivity index (χ0v) is 47.4. The molecule has 0 heterocycles. The molecule has 0 aliphatic heterocycles. The lowest BCUT2D eigenvalue weighted by atomic mass is 10.1. The Bertz CT molecular complexity index is 1540. The predicted octanol–water partition coefficient (Wildman–Crippen LogP) is 20.4. The normalized spacial score (nSPS) is 13.0. The highest BCUT2D eigenvalue weighted by Gasteiger charge is 2.19. The van der Waals surface area contributed by atoms with Gasteiger partial charge < -0.3 is 14.2 Å². The van der Waals surface area contributed by atoms with Crippen LogP contribution in [0, 0.1) is 0 Å². The summed E-state index contributed by atoms with van der Waals surface area (Å²) in [5, 5.41) is 0. The van der Waals surface area contributed by atoms with Crippen molar-refractivity contribution in [2.24, 2.45) is 0 Å². The molecule has 0 bridgehead atoms. The number of unbranched alkanes of at least 4 members (excludes halogenated alkanes) is 22. The number of ether oxygens (including phenoxy) is 3. The molecule has 0 spiro atoms. The smallest absolute Gasteiger partial charge is 0.306 e. The van der Waals surface area contributed by atoms with E-state index in [0.29, 0.717) is 19.3 Å². The van der Waals surface area contributed by atoms with E-state index in [0.717, 1.165) is 103 Å². The van der Waals surface area contributed by atoms with E-state index in [1.165, 1.54) is 116 Å². The number of carbonyl (C=O) groups is 3. The van der Waals surface area contributed by atoms with Crippen molar-refractivity contribution in [1.82, 2.24) is 0 Å². The molecule has 0 radical (unpaired) electrons. The van der Waals surface area contributed by atoms with Gasteiger partial charge in [0.1, 0.15) is 13.2 Å². The molecule has 0 N–H and O–H groups in total. The van der Waals surface area contributed by atoms with Gasteiger partial charge in [0.2, 0.25) is 0 Å². The van der Waals surface area contributed by atoms with Gasteiger partial charge in [-0.15, -0.1) is 0 Å². The van der Waals surface area contributed by atoms with Crippen molar-refractivity contribution < 1.29 is 28.6 Å². The van der Waals surface area contributed by atoms with Crippen LogP contribution in [0.4, 0.5) is 0 Å². The van der Waals surface area contributed by atoms with Crippen molar-refractivity contribution in [2.75, 3.05) is 13.2 Å². The molecule has 6 heteroatoms.